The summed E-state index contributed by atoms with van der Waals surface area (Å²) in [6, 6.07) is 14.0. The molecule has 0 radical (unpaired) electrons. The average molecular weight is 395 g/mol. The highest BCUT2D eigenvalue weighted by atomic mass is 16.6. The second kappa shape index (κ2) is 7.54. The number of nitrogens with one attached hydrogen (secondary N) is 1. The van der Waals surface area contributed by atoms with Crippen LogP contribution in [0.15, 0.2) is 57.7 Å². The number of nitrogens with zero attached hydrogens (tertiary/aromatic N) is 2. The van der Waals surface area contributed by atoms with Gasteiger partial charge < -0.3 is 9.73 Å². The Bertz CT molecular complexity index is 1110. The molecule has 1 fully saturated rings. The maximum Gasteiger partial charge on any atom is 0.419 e. The van der Waals surface area contributed by atoms with Crippen molar-refractivity contribution in [2.45, 2.75) is 44.2 Å². The normalized spacial score (nSPS) is 15.0. The van der Waals surface area contributed by atoms with Crippen LogP contribution >= 0.6 is 0 Å². The first-order valence-corrected chi connectivity index (χ1v) is 9.63. The van der Waals surface area contributed by atoms with Crippen molar-refractivity contribution in [3.63, 3.8) is 0 Å². The van der Waals surface area contributed by atoms with Crippen LogP contribution in [0.25, 0.3) is 11.1 Å². The molecule has 29 heavy (non-hydrogen) atoms. The van der Waals surface area contributed by atoms with Gasteiger partial charge in [-0.05, 0) is 37.3 Å². The predicted molar refractivity (Wildman–Crippen MR) is 106 cm³/mol. The molecule has 1 aliphatic rings. The number of non-ortho nitro benzene ring substituents is 1. The standard InChI is InChI=1S/C21H21N3O5/c25-19(22-21(11-5-12-21)15-6-2-1-3-7-15)8-4-13-23-17-10-9-16(24(27)28)14-18(17)29-20(23)26/h1-3,6-7,9-10,14H,4-5,8,11-13H2,(H,22,25). The molecule has 1 saturated carbocycles. The summed E-state index contributed by atoms with van der Waals surface area (Å²) in [7, 11) is 0. The number of hydrogen-bond acceptors (Lipinski definition) is 5. The minimum atomic E-state index is -0.583. The smallest absolute Gasteiger partial charge is 0.407 e. The number of amides is 1. The molecule has 0 spiro atoms. The number of carbonyl (C=O) groups excluding carboxylic acids is 1. The van der Waals surface area contributed by atoms with Crippen LogP contribution in [-0.4, -0.2) is 15.4 Å². The molecule has 0 unspecified atom stereocenters. The zero-order chi connectivity index (χ0) is 20.4. The van der Waals surface area contributed by atoms with Crippen LogP contribution < -0.4 is 11.1 Å². The first-order valence-electron chi connectivity index (χ1n) is 9.63. The molecule has 4 rings (SSSR count). The number of hydrogen-bond donors (Lipinski definition) is 1. The van der Waals surface area contributed by atoms with Gasteiger partial charge in [-0.25, -0.2) is 4.79 Å². The van der Waals surface area contributed by atoms with Gasteiger partial charge in [-0.1, -0.05) is 30.3 Å². The van der Waals surface area contributed by atoms with Gasteiger partial charge in [0.2, 0.25) is 5.91 Å². The van der Waals surface area contributed by atoms with Crippen molar-refractivity contribution >= 4 is 22.7 Å². The summed E-state index contributed by atoms with van der Waals surface area (Å²) in [6.07, 6.45) is 3.67. The van der Waals surface area contributed by atoms with E-state index < -0.39 is 10.7 Å². The van der Waals surface area contributed by atoms with Crippen LogP contribution in [-0.2, 0) is 16.9 Å². The first kappa shape index (κ1) is 18.9. The monoisotopic (exact) mass is 395 g/mol. The van der Waals surface area contributed by atoms with Gasteiger partial charge in [0.15, 0.2) is 5.58 Å². The molecular formula is C21H21N3O5. The molecule has 2 aromatic carbocycles. The molecule has 150 valence electrons. The second-order valence-corrected chi connectivity index (χ2v) is 7.38. The van der Waals surface area contributed by atoms with Crippen molar-refractivity contribution in [3.05, 3.63) is 74.8 Å². The number of oxazole rings is 1. The zero-order valence-electron chi connectivity index (χ0n) is 15.8. The predicted octanol–water partition coefficient (Wildman–Crippen LogP) is 3.48. The highest BCUT2D eigenvalue weighted by Crippen LogP contribution is 2.41. The molecule has 8 heteroatoms. The topological polar surface area (TPSA) is 107 Å². The third-order valence-electron chi connectivity index (χ3n) is 5.56. The van der Waals surface area contributed by atoms with Gasteiger partial charge in [-0.3, -0.25) is 19.5 Å². The van der Waals surface area contributed by atoms with Gasteiger partial charge in [-0.15, -0.1) is 0 Å². The Kier molecular flexibility index (Phi) is 4.92. The fourth-order valence-corrected chi connectivity index (χ4v) is 3.88. The molecule has 1 heterocycles. The van der Waals surface area contributed by atoms with Gasteiger partial charge in [0.05, 0.1) is 22.0 Å². The van der Waals surface area contributed by atoms with E-state index in [0.717, 1.165) is 24.8 Å². The van der Waals surface area contributed by atoms with Gasteiger partial charge in [0.25, 0.3) is 5.69 Å². The Morgan fingerprint density at radius 2 is 1.97 bits per heavy atom. The molecule has 0 saturated heterocycles. The van der Waals surface area contributed by atoms with Gasteiger partial charge in [0.1, 0.15) is 0 Å². The number of aromatic nitrogens is 1. The number of aryl methyl sites for hydroxylation is 1. The number of nitro benzene ring substituents is 1. The number of benzene rings is 2. The van der Waals surface area contributed by atoms with Crippen LogP contribution in [0.4, 0.5) is 5.69 Å². The maximum absolute atomic E-state index is 12.5. The van der Waals surface area contributed by atoms with Gasteiger partial charge in [-0.2, -0.15) is 0 Å². The van der Waals surface area contributed by atoms with Crippen LogP contribution in [0.3, 0.4) is 0 Å². The minimum Gasteiger partial charge on any atom is -0.407 e. The summed E-state index contributed by atoms with van der Waals surface area (Å²) in [5.41, 5.74) is 1.37. The highest BCUT2D eigenvalue weighted by molar-refractivity contribution is 5.77. The lowest BCUT2D eigenvalue weighted by atomic mass is 9.71. The molecule has 1 amide bonds. The van der Waals surface area contributed by atoms with Gasteiger partial charge >= 0.3 is 5.76 Å². The summed E-state index contributed by atoms with van der Waals surface area (Å²) in [4.78, 5) is 34.9. The Labute approximate surface area is 166 Å². The van der Waals surface area contributed by atoms with Crippen molar-refractivity contribution in [3.8, 4) is 0 Å². The van der Waals surface area contributed by atoms with Crippen molar-refractivity contribution in [1.29, 1.82) is 0 Å². The number of carbonyl (C=O) groups is 1. The lowest BCUT2D eigenvalue weighted by molar-refractivity contribution is -0.384. The summed E-state index contributed by atoms with van der Waals surface area (Å²) in [6.45, 7) is 0.301. The van der Waals surface area contributed by atoms with E-state index in [2.05, 4.69) is 5.32 Å². The van der Waals surface area contributed by atoms with Crippen molar-refractivity contribution in [1.82, 2.24) is 9.88 Å². The minimum absolute atomic E-state index is 0.0509. The number of rotatable bonds is 7. The molecule has 0 atom stereocenters. The van der Waals surface area contributed by atoms with Crippen molar-refractivity contribution < 1.29 is 14.1 Å². The number of nitro groups is 1. The van der Waals surface area contributed by atoms with E-state index in [9.17, 15) is 19.7 Å². The first-order chi connectivity index (χ1) is 14.0. The van der Waals surface area contributed by atoms with Crippen LogP contribution in [0.2, 0.25) is 0 Å². The average Bonchev–Trinajstić information content (AvgIpc) is 3.00. The van der Waals surface area contributed by atoms with Crippen LogP contribution in [0, 0.1) is 10.1 Å². The summed E-state index contributed by atoms with van der Waals surface area (Å²) >= 11 is 0. The van der Waals surface area contributed by atoms with E-state index in [1.807, 2.05) is 30.3 Å². The highest BCUT2D eigenvalue weighted by Gasteiger charge is 2.39. The van der Waals surface area contributed by atoms with E-state index in [-0.39, 0.29) is 29.1 Å². The van der Waals surface area contributed by atoms with Crippen molar-refractivity contribution in [2.24, 2.45) is 0 Å². The molecule has 1 aromatic heterocycles. The molecule has 1 aliphatic carbocycles. The van der Waals surface area contributed by atoms with E-state index >= 15 is 0 Å². The molecule has 0 aliphatic heterocycles. The third-order valence-corrected chi connectivity index (χ3v) is 5.56. The largest absolute Gasteiger partial charge is 0.419 e. The summed E-state index contributed by atoms with van der Waals surface area (Å²) in [5.74, 6) is -0.634. The quantitative estimate of drug-likeness (QED) is 0.487. The second-order valence-electron chi connectivity index (χ2n) is 7.38. The van der Waals surface area contributed by atoms with Crippen molar-refractivity contribution in [2.75, 3.05) is 0 Å². The Hall–Kier alpha value is -3.42. The number of fused-ring (bicyclic) bond motifs is 1. The van der Waals surface area contributed by atoms with Crippen LogP contribution in [0.5, 0.6) is 0 Å². The summed E-state index contributed by atoms with van der Waals surface area (Å²) in [5, 5.41) is 14.0. The van der Waals surface area contributed by atoms with E-state index in [0.29, 0.717) is 18.5 Å². The molecule has 1 N–H and O–H groups in total. The lowest BCUT2D eigenvalue weighted by Crippen LogP contribution is -2.50. The lowest BCUT2D eigenvalue weighted by Gasteiger charge is -2.43. The fourth-order valence-electron chi connectivity index (χ4n) is 3.88. The zero-order valence-corrected chi connectivity index (χ0v) is 15.8. The molecule has 3 aromatic rings. The van der Waals surface area contributed by atoms with Crippen LogP contribution in [0.1, 0.15) is 37.7 Å². The van der Waals surface area contributed by atoms with E-state index in [1.54, 1.807) is 0 Å². The van der Waals surface area contributed by atoms with E-state index in [4.69, 9.17) is 4.42 Å². The SMILES string of the molecule is O=C(CCCn1c(=O)oc2cc([N+](=O)[O-])ccc21)NC1(c2ccccc2)CCC1. The Morgan fingerprint density at radius 3 is 2.62 bits per heavy atom. The molecular weight excluding hydrogens is 374 g/mol. The Morgan fingerprint density at radius 1 is 1.21 bits per heavy atom. The molecule has 0 bridgehead atoms. The fraction of sp³-hybridized carbons (Fsp3) is 0.333. The van der Waals surface area contributed by atoms with Gasteiger partial charge in [0, 0.05) is 19.0 Å². The Balaban J connectivity index is 1.40. The maximum atomic E-state index is 12.5. The van der Waals surface area contributed by atoms with E-state index in [1.165, 1.54) is 22.8 Å². The molecule has 8 nitrogen and oxygen atoms in total. The third kappa shape index (κ3) is 3.65. The summed E-state index contributed by atoms with van der Waals surface area (Å²) < 4.78 is 6.52.